The molecule has 3 rings (SSSR count). The van der Waals surface area contributed by atoms with Crippen molar-refractivity contribution >= 4 is 16.9 Å². The molecule has 1 N–H and O–H groups in total. The van der Waals surface area contributed by atoms with Gasteiger partial charge in [-0.2, -0.15) is 5.10 Å². The lowest BCUT2D eigenvalue weighted by atomic mass is 9.97. The molecular formula is C17H29N7. The highest BCUT2D eigenvalue weighted by Crippen LogP contribution is 2.21. The Bertz CT molecular complexity index is 665. The number of rotatable bonds is 5. The molecule has 1 saturated heterocycles. The second-order valence-electron chi connectivity index (χ2n) is 7.89. The standard InChI is InChI=1S/C17H29N7/c1-17(2,3)12-18-15-14-11-21-24(16(14)20-13-19-15)10-9-23-7-5-22(4)6-8-23/h11,13H,5-10,12H2,1-4H3,(H,18,19,20). The summed E-state index contributed by atoms with van der Waals surface area (Å²) >= 11 is 0. The third-order valence-electron chi connectivity index (χ3n) is 4.44. The van der Waals surface area contributed by atoms with Gasteiger partial charge in [0.1, 0.15) is 12.1 Å². The third kappa shape index (κ3) is 4.21. The smallest absolute Gasteiger partial charge is 0.163 e. The first-order chi connectivity index (χ1) is 11.4. The number of nitrogens with one attached hydrogen (secondary N) is 1. The maximum Gasteiger partial charge on any atom is 0.163 e. The Balaban J connectivity index is 1.67. The van der Waals surface area contributed by atoms with Crippen molar-refractivity contribution in [3.63, 3.8) is 0 Å². The fourth-order valence-corrected chi connectivity index (χ4v) is 2.85. The first-order valence-corrected chi connectivity index (χ1v) is 8.74. The van der Waals surface area contributed by atoms with Gasteiger partial charge in [-0.05, 0) is 12.5 Å². The van der Waals surface area contributed by atoms with Crippen LogP contribution in [0.25, 0.3) is 11.0 Å². The monoisotopic (exact) mass is 331 g/mol. The van der Waals surface area contributed by atoms with E-state index in [1.807, 2.05) is 10.9 Å². The van der Waals surface area contributed by atoms with Crippen LogP contribution in [-0.4, -0.2) is 75.9 Å². The Morgan fingerprint density at radius 1 is 1.08 bits per heavy atom. The van der Waals surface area contributed by atoms with Gasteiger partial charge in [0.25, 0.3) is 0 Å². The Morgan fingerprint density at radius 3 is 2.54 bits per heavy atom. The van der Waals surface area contributed by atoms with E-state index in [0.29, 0.717) is 0 Å². The highest BCUT2D eigenvalue weighted by atomic mass is 15.3. The number of fused-ring (bicyclic) bond motifs is 1. The maximum absolute atomic E-state index is 4.54. The van der Waals surface area contributed by atoms with Crippen LogP contribution in [0.3, 0.4) is 0 Å². The molecule has 0 atom stereocenters. The molecule has 132 valence electrons. The summed E-state index contributed by atoms with van der Waals surface area (Å²) in [5.74, 6) is 0.876. The number of anilines is 1. The van der Waals surface area contributed by atoms with Crippen molar-refractivity contribution in [3.8, 4) is 0 Å². The second-order valence-corrected chi connectivity index (χ2v) is 7.89. The molecule has 7 nitrogen and oxygen atoms in total. The molecule has 0 bridgehead atoms. The van der Waals surface area contributed by atoms with Gasteiger partial charge in [0.15, 0.2) is 5.65 Å². The summed E-state index contributed by atoms with van der Waals surface area (Å²) in [6.45, 7) is 13.9. The molecule has 0 saturated carbocycles. The van der Waals surface area contributed by atoms with Crippen LogP contribution in [0.15, 0.2) is 12.5 Å². The summed E-state index contributed by atoms with van der Waals surface area (Å²) in [5, 5.41) is 8.97. The van der Waals surface area contributed by atoms with Gasteiger partial charge < -0.3 is 10.2 Å². The molecule has 0 aromatic carbocycles. The summed E-state index contributed by atoms with van der Waals surface area (Å²) in [7, 11) is 2.18. The van der Waals surface area contributed by atoms with E-state index >= 15 is 0 Å². The molecule has 0 amide bonds. The largest absolute Gasteiger partial charge is 0.369 e. The molecule has 7 heteroatoms. The van der Waals surface area contributed by atoms with Crippen molar-refractivity contribution in [3.05, 3.63) is 12.5 Å². The van der Waals surface area contributed by atoms with E-state index in [4.69, 9.17) is 0 Å². The summed E-state index contributed by atoms with van der Waals surface area (Å²) in [4.78, 5) is 13.7. The highest BCUT2D eigenvalue weighted by molar-refractivity contribution is 5.86. The molecule has 2 aromatic rings. The number of hydrogen-bond acceptors (Lipinski definition) is 6. The number of piperazine rings is 1. The fourth-order valence-electron chi connectivity index (χ4n) is 2.85. The lowest BCUT2D eigenvalue weighted by molar-refractivity contribution is 0.149. The molecule has 1 aliphatic rings. The molecule has 0 aliphatic carbocycles. The van der Waals surface area contributed by atoms with Crippen molar-refractivity contribution in [2.45, 2.75) is 27.3 Å². The van der Waals surface area contributed by atoms with Crippen LogP contribution < -0.4 is 5.32 Å². The first-order valence-electron chi connectivity index (χ1n) is 8.74. The lowest BCUT2D eigenvalue weighted by Crippen LogP contribution is -2.45. The predicted octanol–water partition coefficient (Wildman–Crippen LogP) is 1.53. The molecule has 2 aromatic heterocycles. The Labute approximate surface area is 144 Å². The van der Waals surface area contributed by atoms with Gasteiger partial charge >= 0.3 is 0 Å². The molecule has 0 spiro atoms. The number of likely N-dealkylation sites (N-methyl/N-ethyl adjacent to an activating group) is 1. The SMILES string of the molecule is CN1CCN(CCn2ncc3c(NCC(C)(C)C)ncnc32)CC1. The Morgan fingerprint density at radius 2 is 1.83 bits per heavy atom. The van der Waals surface area contributed by atoms with E-state index in [2.05, 4.69) is 58.0 Å². The van der Waals surface area contributed by atoms with Gasteiger partial charge in [-0.3, -0.25) is 4.90 Å². The number of aromatic nitrogens is 4. The van der Waals surface area contributed by atoms with Gasteiger partial charge in [0.05, 0.1) is 18.1 Å². The van der Waals surface area contributed by atoms with E-state index in [1.54, 1.807) is 6.33 Å². The van der Waals surface area contributed by atoms with Crippen molar-refractivity contribution in [1.29, 1.82) is 0 Å². The lowest BCUT2D eigenvalue weighted by Gasteiger charge is -2.32. The van der Waals surface area contributed by atoms with Gasteiger partial charge in [-0.1, -0.05) is 20.8 Å². The summed E-state index contributed by atoms with van der Waals surface area (Å²) in [6, 6.07) is 0. The van der Waals surface area contributed by atoms with E-state index in [9.17, 15) is 0 Å². The van der Waals surface area contributed by atoms with Gasteiger partial charge in [-0.15, -0.1) is 0 Å². The first kappa shape index (κ1) is 17.1. The summed E-state index contributed by atoms with van der Waals surface area (Å²) in [6.07, 6.45) is 3.51. The van der Waals surface area contributed by atoms with E-state index < -0.39 is 0 Å². The van der Waals surface area contributed by atoms with Crippen LogP contribution in [0.1, 0.15) is 20.8 Å². The topological polar surface area (TPSA) is 62.1 Å². The number of hydrogen-bond donors (Lipinski definition) is 1. The van der Waals surface area contributed by atoms with Crippen LogP contribution in [-0.2, 0) is 6.54 Å². The molecule has 24 heavy (non-hydrogen) atoms. The zero-order chi connectivity index (χ0) is 17.2. The summed E-state index contributed by atoms with van der Waals surface area (Å²) in [5.41, 5.74) is 1.12. The third-order valence-corrected chi connectivity index (χ3v) is 4.44. The minimum absolute atomic E-state index is 0.203. The normalized spacial score (nSPS) is 17.5. The van der Waals surface area contributed by atoms with Gasteiger partial charge in [0, 0.05) is 39.3 Å². The molecule has 0 radical (unpaired) electrons. The number of nitrogens with zero attached hydrogens (tertiary/aromatic N) is 6. The van der Waals surface area contributed by atoms with E-state index in [0.717, 1.165) is 62.7 Å². The van der Waals surface area contributed by atoms with Crippen LogP contribution in [0.4, 0.5) is 5.82 Å². The molecule has 1 aliphatic heterocycles. The van der Waals surface area contributed by atoms with Crippen LogP contribution in [0.5, 0.6) is 0 Å². The zero-order valence-corrected chi connectivity index (χ0v) is 15.3. The van der Waals surface area contributed by atoms with Gasteiger partial charge in [-0.25, -0.2) is 14.6 Å². The fraction of sp³-hybridized carbons (Fsp3) is 0.706. The molecule has 0 unspecified atom stereocenters. The van der Waals surface area contributed by atoms with Crippen molar-refractivity contribution in [2.75, 3.05) is 51.6 Å². The van der Waals surface area contributed by atoms with Crippen molar-refractivity contribution in [1.82, 2.24) is 29.5 Å². The molecular weight excluding hydrogens is 302 g/mol. The predicted molar refractivity (Wildman–Crippen MR) is 97.2 cm³/mol. The van der Waals surface area contributed by atoms with E-state index in [1.165, 1.54) is 0 Å². The Hall–Kier alpha value is -1.73. The Kier molecular flexibility index (Phi) is 5.01. The minimum atomic E-state index is 0.203. The molecule has 3 heterocycles. The van der Waals surface area contributed by atoms with Crippen LogP contribution >= 0.6 is 0 Å². The van der Waals surface area contributed by atoms with Crippen LogP contribution in [0.2, 0.25) is 0 Å². The highest BCUT2D eigenvalue weighted by Gasteiger charge is 2.16. The van der Waals surface area contributed by atoms with Gasteiger partial charge in [0.2, 0.25) is 0 Å². The average Bonchev–Trinajstić information content (AvgIpc) is 2.95. The summed E-state index contributed by atoms with van der Waals surface area (Å²) < 4.78 is 2.00. The minimum Gasteiger partial charge on any atom is -0.369 e. The van der Waals surface area contributed by atoms with Crippen molar-refractivity contribution < 1.29 is 0 Å². The molecule has 1 fully saturated rings. The van der Waals surface area contributed by atoms with Crippen molar-refractivity contribution in [2.24, 2.45) is 5.41 Å². The maximum atomic E-state index is 4.54. The van der Waals surface area contributed by atoms with E-state index in [-0.39, 0.29) is 5.41 Å². The quantitative estimate of drug-likeness (QED) is 0.896. The van der Waals surface area contributed by atoms with Crippen LogP contribution in [0, 0.1) is 5.41 Å². The zero-order valence-electron chi connectivity index (χ0n) is 15.3. The second kappa shape index (κ2) is 7.03. The average molecular weight is 331 g/mol.